The maximum atomic E-state index is 12.4. The topological polar surface area (TPSA) is 40.5 Å². The normalized spacial score (nSPS) is 23.2. The molecule has 0 bridgehead atoms. The van der Waals surface area contributed by atoms with Crippen LogP contribution in [0, 0.1) is 6.92 Å². The molecule has 0 aromatic heterocycles. The van der Waals surface area contributed by atoms with Crippen LogP contribution in [0.3, 0.4) is 0 Å². The average Bonchev–Trinajstić information content (AvgIpc) is 2.41. The zero-order chi connectivity index (χ0) is 14.0. The highest BCUT2D eigenvalue weighted by atomic mass is 35.5. The van der Waals surface area contributed by atoms with Crippen LogP contribution in [0.25, 0.3) is 0 Å². The van der Waals surface area contributed by atoms with Crippen molar-refractivity contribution in [2.45, 2.75) is 44.8 Å². The van der Waals surface area contributed by atoms with E-state index in [0.717, 1.165) is 31.2 Å². The van der Waals surface area contributed by atoms with Gasteiger partial charge in [-0.05, 0) is 37.5 Å². The van der Waals surface area contributed by atoms with Crippen LogP contribution in [0.2, 0.25) is 5.02 Å². The highest BCUT2D eigenvalue weighted by Gasteiger charge is 2.29. The summed E-state index contributed by atoms with van der Waals surface area (Å²) >= 11 is 6.06. The molecule has 0 radical (unpaired) electrons. The summed E-state index contributed by atoms with van der Waals surface area (Å²) in [7, 11) is 1.76. The Bertz CT molecular complexity index is 475. The fraction of sp³-hybridized carbons (Fsp3) is 0.533. The predicted octanol–water partition coefficient (Wildman–Crippen LogP) is 3.02. The second kappa shape index (κ2) is 5.93. The molecule has 1 amide bonds. The van der Waals surface area contributed by atoms with Crippen molar-refractivity contribution in [1.82, 2.24) is 4.90 Å². The number of rotatable bonds is 2. The number of hydrogen-bond donors (Lipinski definition) is 1. The van der Waals surface area contributed by atoms with Crippen molar-refractivity contribution >= 4 is 17.5 Å². The first kappa shape index (κ1) is 14.4. The molecule has 0 spiro atoms. The minimum Gasteiger partial charge on any atom is -0.391 e. The molecule has 1 saturated carbocycles. The molecule has 1 fully saturated rings. The van der Waals surface area contributed by atoms with Crippen molar-refractivity contribution in [3.8, 4) is 0 Å². The molecule has 4 heteroatoms. The highest BCUT2D eigenvalue weighted by Crippen LogP contribution is 2.24. The Morgan fingerprint density at radius 2 is 2.05 bits per heavy atom. The summed E-state index contributed by atoms with van der Waals surface area (Å²) in [5.74, 6) is -0.0761. The highest BCUT2D eigenvalue weighted by molar-refractivity contribution is 6.31. The third-order valence-electron chi connectivity index (χ3n) is 3.93. The van der Waals surface area contributed by atoms with Crippen LogP contribution in [-0.2, 0) is 0 Å². The molecule has 104 valence electrons. The fourth-order valence-electron chi connectivity index (χ4n) is 2.62. The molecule has 1 aliphatic rings. The monoisotopic (exact) mass is 281 g/mol. The Kier molecular flexibility index (Phi) is 4.48. The van der Waals surface area contributed by atoms with E-state index in [0.29, 0.717) is 10.6 Å². The molecule has 0 aliphatic heterocycles. The summed E-state index contributed by atoms with van der Waals surface area (Å²) in [5, 5.41) is 10.6. The van der Waals surface area contributed by atoms with Gasteiger partial charge in [0.25, 0.3) is 5.91 Å². The number of nitrogens with zero attached hydrogens (tertiary/aromatic N) is 1. The molecule has 1 aromatic carbocycles. The van der Waals surface area contributed by atoms with Crippen LogP contribution in [0.4, 0.5) is 0 Å². The summed E-state index contributed by atoms with van der Waals surface area (Å²) in [6, 6.07) is 5.25. The Morgan fingerprint density at radius 3 is 2.68 bits per heavy atom. The maximum absolute atomic E-state index is 12.4. The first-order valence-electron chi connectivity index (χ1n) is 6.72. The van der Waals surface area contributed by atoms with Gasteiger partial charge in [0.05, 0.1) is 12.1 Å². The first-order chi connectivity index (χ1) is 9.00. The number of aliphatic hydroxyl groups is 1. The number of amides is 1. The quantitative estimate of drug-likeness (QED) is 0.905. The molecular formula is C15H20ClNO2. The standard InChI is InChI=1S/C15H20ClNO2/c1-10-7-8-11(9-12(10)16)15(19)17(2)13-5-3-4-6-14(13)18/h7-9,13-14,18H,3-6H2,1-2H3. The van der Waals surface area contributed by atoms with E-state index in [9.17, 15) is 9.90 Å². The van der Waals surface area contributed by atoms with E-state index in [1.165, 1.54) is 0 Å². The van der Waals surface area contributed by atoms with E-state index in [-0.39, 0.29) is 11.9 Å². The van der Waals surface area contributed by atoms with Crippen LogP contribution in [-0.4, -0.2) is 35.1 Å². The Labute approximate surface area is 119 Å². The van der Waals surface area contributed by atoms with Crippen molar-refractivity contribution in [3.05, 3.63) is 34.3 Å². The van der Waals surface area contributed by atoms with Gasteiger partial charge in [-0.2, -0.15) is 0 Å². The Morgan fingerprint density at radius 1 is 1.37 bits per heavy atom. The molecule has 3 nitrogen and oxygen atoms in total. The lowest BCUT2D eigenvalue weighted by Crippen LogP contribution is -2.46. The van der Waals surface area contributed by atoms with E-state index in [4.69, 9.17) is 11.6 Å². The number of benzene rings is 1. The van der Waals surface area contributed by atoms with Crippen LogP contribution in [0.1, 0.15) is 41.6 Å². The second-order valence-corrected chi connectivity index (χ2v) is 5.71. The van der Waals surface area contributed by atoms with Gasteiger partial charge in [0.15, 0.2) is 0 Å². The lowest BCUT2D eigenvalue weighted by molar-refractivity contribution is 0.0268. The number of carbonyl (C=O) groups excluding carboxylic acids is 1. The number of aliphatic hydroxyl groups excluding tert-OH is 1. The van der Waals surface area contributed by atoms with Crippen molar-refractivity contribution in [2.75, 3.05) is 7.05 Å². The van der Waals surface area contributed by atoms with Gasteiger partial charge in [0, 0.05) is 17.6 Å². The van der Waals surface area contributed by atoms with E-state index >= 15 is 0 Å². The third-order valence-corrected chi connectivity index (χ3v) is 4.34. The van der Waals surface area contributed by atoms with E-state index < -0.39 is 6.10 Å². The predicted molar refractivity (Wildman–Crippen MR) is 76.5 cm³/mol. The summed E-state index contributed by atoms with van der Waals surface area (Å²) in [6.45, 7) is 1.91. The second-order valence-electron chi connectivity index (χ2n) is 5.30. The van der Waals surface area contributed by atoms with Gasteiger partial charge in [-0.1, -0.05) is 30.5 Å². The smallest absolute Gasteiger partial charge is 0.253 e. The first-order valence-corrected chi connectivity index (χ1v) is 7.10. The van der Waals surface area contributed by atoms with E-state index in [2.05, 4.69) is 0 Å². The average molecular weight is 282 g/mol. The number of aryl methyl sites for hydroxylation is 1. The summed E-state index contributed by atoms with van der Waals surface area (Å²) in [4.78, 5) is 14.1. The van der Waals surface area contributed by atoms with E-state index in [1.807, 2.05) is 13.0 Å². The molecule has 2 unspecified atom stereocenters. The van der Waals surface area contributed by atoms with Crippen LogP contribution in [0.5, 0.6) is 0 Å². The number of hydrogen-bond acceptors (Lipinski definition) is 2. The molecular weight excluding hydrogens is 262 g/mol. The van der Waals surface area contributed by atoms with Gasteiger partial charge >= 0.3 is 0 Å². The Hall–Kier alpha value is -1.06. The van der Waals surface area contributed by atoms with Gasteiger partial charge in [-0.25, -0.2) is 0 Å². The Balaban J connectivity index is 2.15. The van der Waals surface area contributed by atoms with Crippen molar-refractivity contribution in [1.29, 1.82) is 0 Å². The minimum absolute atomic E-state index is 0.0761. The third kappa shape index (κ3) is 3.10. The van der Waals surface area contributed by atoms with Gasteiger partial charge < -0.3 is 10.0 Å². The molecule has 1 aliphatic carbocycles. The van der Waals surface area contributed by atoms with Gasteiger partial charge in [0.2, 0.25) is 0 Å². The van der Waals surface area contributed by atoms with E-state index in [1.54, 1.807) is 24.1 Å². The lowest BCUT2D eigenvalue weighted by atomic mass is 9.91. The summed E-state index contributed by atoms with van der Waals surface area (Å²) in [6.07, 6.45) is 3.33. The fourth-order valence-corrected chi connectivity index (χ4v) is 2.80. The van der Waals surface area contributed by atoms with Crippen molar-refractivity contribution < 1.29 is 9.90 Å². The molecule has 0 heterocycles. The molecule has 19 heavy (non-hydrogen) atoms. The van der Waals surface area contributed by atoms with Gasteiger partial charge in [-0.3, -0.25) is 4.79 Å². The zero-order valence-electron chi connectivity index (χ0n) is 11.4. The maximum Gasteiger partial charge on any atom is 0.253 e. The molecule has 1 aromatic rings. The molecule has 0 saturated heterocycles. The van der Waals surface area contributed by atoms with Crippen LogP contribution in [0.15, 0.2) is 18.2 Å². The largest absolute Gasteiger partial charge is 0.391 e. The molecule has 2 atom stereocenters. The number of likely N-dealkylation sites (N-methyl/N-ethyl adjacent to an activating group) is 1. The van der Waals surface area contributed by atoms with Crippen LogP contribution >= 0.6 is 11.6 Å². The van der Waals surface area contributed by atoms with Gasteiger partial charge in [-0.15, -0.1) is 0 Å². The van der Waals surface area contributed by atoms with Crippen molar-refractivity contribution in [2.24, 2.45) is 0 Å². The molecule has 1 N–H and O–H groups in total. The summed E-state index contributed by atoms with van der Waals surface area (Å²) < 4.78 is 0. The zero-order valence-corrected chi connectivity index (χ0v) is 12.2. The lowest BCUT2D eigenvalue weighted by Gasteiger charge is -2.35. The minimum atomic E-state index is -0.413. The van der Waals surface area contributed by atoms with Gasteiger partial charge in [0.1, 0.15) is 0 Å². The summed E-state index contributed by atoms with van der Waals surface area (Å²) in [5.41, 5.74) is 1.54. The molecule has 2 rings (SSSR count). The van der Waals surface area contributed by atoms with Crippen molar-refractivity contribution in [3.63, 3.8) is 0 Å². The number of halogens is 1. The SMILES string of the molecule is Cc1ccc(C(=O)N(C)C2CCCCC2O)cc1Cl. The number of carbonyl (C=O) groups is 1. The van der Waals surface area contributed by atoms with Crippen LogP contribution < -0.4 is 0 Å².